The van der Waals surface area contributed by atoms with Crippen LogP contribution in [0.1, 0.15) is 6.42 Å². The molecule has 1 spiro atoms. The van der Waals surface area contributed by atoms with E-state index in [1.807, 2.05) is 0 Å². The van der Waals surface area contributed by atoms with E-state index in [4.69, 9.17) is 5.73 Å². The van der Waals surface area contributed by atoms with Gasteiger partial charge in [0.15, 0.2) is 5.54 Å². The molecule has 1 aliphatic heterocycles. The fourth-order valence-electron chi connectivity index (χ4n) is 2.47. The number of Topliss-reactive ketones (excluding diaryl/α,β-unsaturated/α-hetero) is 2. The lowest BCUT2D eigenvalue weighted by Crippen LogP contribution is -2.49. The van der Waals surface area contributed by atoms with Crippen LogP contribution < -0.4 is 5.73 Å². The van der Waals surface area contributed by atoms with Crippen molar-refractivity contribution >= 4 is 17.5 Å². The number of ketones is 2. The Morgan fingerprint density at radius 3 is 2.33 bits per heavy atom. The fourth-order valence-corrected chi connectivity index (χ4v) is 2.47. The standard InChI is InChI=1S/C9H13N3O3/c1-11(2)12-4-3-5(8(10)15)9(12)6(13)7(9)14/h5H,3-4H2,1-2H3,(H2,10,15)/t5-/m1/s1. The zero-order valence-corrected chi connectivity index (χ0v) is 8.69. The van der Waals surface area contributed by atoms with E-state index in [2.05, 4.69) is 0 Å². The fraction of sp³-hybridized carbons (Fsp3) is 0.667. The SMILES string of the molecule is CN(C)N1CC[C@H](C(N)=O)C12C(=O)C2=O. The van der Waals surface area contributed by atoms with Crippen molar-refractivity contribution in [1.29, 1.82) is 0 Å². The molecule has 0 unspecified atom stereocenters. The Kier molecular flexibility index (Phi) is 1.96. The molecule has 1 aliphatic carbocycles. The number of hydrogen-bond acceptors (Lipinski definition) is 5. The van der Waals surface area contributed by atoms with Gasteiger partial charge in [-0.1, -0.05) is 0 Å². The van der Waals surface area contributed by atoms with Crippen molar-refractivity contribution in [1.82, 2.24) is 10.0 Å². The predicted molar refractivity (Wildman–Crippen MR) is 50.4 cm³/mol. The summed E-state index contributed by atoms with van der Waals surface area (Å²) in [7, 11) is 3.48. The number of hydrogen-bond donors (Lipinski definition) is 1. The molecule has 1 heterocycles. The highest BCUT2D eigenvalue weighted by Gasteiger charge is 2.77. The molecular formula is C9H13N3O3. The minimum absolute atomic E-state index is 0.463. The van der Waals surface area contributed by atoms with Crippen molar-refractivity contribution in [2.75, 3.05) is 20.6 Å². The minimum Gasteiger partial charge on any atom is -0.369 e. The van der Waals surface area contributed by atoms with Crippen molar-refractivity contribution in [2.24, 2.45) is 11.7 Å². The Balaban J connectivity index is 2.39. The van der Waals surface area contributed by atoms with Gasteiger partial charge in [0.25, 0.3) is 0 Å². The summed E-state index contributed by atoms with van der Waals surface area (Å²) in [6, 6.07) is 0. The lowest BCUT2D eigenvalue weighted by molar-refractivity contribution is -0.130. The van der Waals surface area contributed by atoms with Crippen LogP contribution in [-0.4, -0.2) is 53.7 Å². The van der Waals surface area contributed by atoms with Gasteiger partial charge in [-0.05, 0) is 6.42 Å². The third-order valence-electron chi connectivity index (χ3n) is 3.20. The maximum absolute atomic E-state index is 11.4. The van der Waals surface area contributed by atoms with Crippen LogP contribution in [0.5, 0.6) is 0 Å². The van der Waals surface area contributed by atoms with Crippen molar-refractivity contribution in [3.8, 4) is 0 Å². The maximum Gasteiger partial charge on any atom is 0.231 e. The van der Waals surface area contributed by atoms with Gasteiger partial charge in [0.05, 0.1) is 5.92 Å². The van der Waals surface area contributed by atoms with E-state index in [1.165, 1.54) is 0 Å². The molecule has 82 valence electrons. The first-order valence-corrected chi connectivity index (χ1v) is 4.77. The zero-order chi connectivity index (χ0) is 11.4. The summed E-state index contributed by atoms with van der Waals surface area (Å²) in [5.74, 6) is -2.21. The van der Waals surface area contributed by atoms with E-state index in [-0.39, 0.29) is 0 Å². The van der Waals surface area contributed by atoms with Gasteiger partial charge in [-0.3, -0.25) is 14.4 Å². The third-order valence-corrected chi connectivity index (χ3v) is 3.20. The van der Waals surface area contributed by atoms with Gasteiger partial charge in [-0.2, -0.15) is 0 Å². The van der Waals surface area contributed by atoms with Crippen molar-refractivity contribution in [2.45, 2.75) is 12.0 Å². The van der Waals surface area contributed by atoms with Gasteiger partial charge in [0.1, 0.15) is 0 Å². The van der Waals surface area contributed by atoms with Crippen molar-refractivity contribution < 1.29 is 14.4 Å². The second kappa shape index (κ2) is 2.86. The number of nitrogens with two attached hydrogens (primary N) is 1. The molecule has 0 aromatic carbocycles. The van der Waals surface area contributed by atoms with E-state index in [0.717, 1.165) is 0 Å². The number of carbonyl (C=O) groups excluding carboxylic acids is 3. The Hall–Kier alpha value is -1.27. The molecule has 0 radical (unpaired) electrons. The predicted octanol–water partition coefficient (Wildman–Crippen LogP) is -1.84. The molecular weight excluding hydrogens is 198 g/mol. The summed E-state index contributed by atoms with van der Waals surface area (Å²) >= 11 is 0. The Morgan fingerprint density at radius 1 is 1.47 bits per heavy atom. The highest BCUT2D eigenvalue weighted by Crippen LogP contribution is 2.47. The minimum atomic E-state index is -1.25. The molecule has 2 aliphatic rings. The summed E-state index contributed by atoms with van der Waals surface area (Å²) < 4.78 is 0. The quantitative estimate of drug-likeness (QED) is 0.428. The Labute approximate surface area is 87.0 Å². The summed E-state index contributed by atoms with van der Waals surface area (Å²) in [5, 5.41) is 3.30. The first kappa shape index (κ1) is 10.3. The Bertz CT molecular complexity index is 350. The van der Waals surface area contributed by atoms with Gasteiger partial charge in [0, 0.05) is 20.6 Å². The second-order valence-corrected chi connectivity index (χ2v) is 4.14. The summed E-state index contributed by atoms with van der Waals surface area (Å²) in [6.45, 7) is 0.512. The molecule has 15 heavy (non-hydrogen) atoms. The highest BCUT2D eigenvalue weighted by molar-refractivity contribution is 6.67. The molecule has 0 aromatic rings. The lowest BCUT2D eigenvalue weighted by atomic mass is 9.97. The maximum atomic E-state index is 11.4. The number of rotatable bonds is 2. The van der Waals surface area contributed by atoms with Crippen LogP contribution in [0.2, 0.25) is 0 Å². The van der Waals surface area contributed by atoms with Crippen LogP contribution in [0, 0.1) is 5.92 Å². The molecule has 1 atom stereocenters. The third kappa shape index (κ3) is 1.03. The van der Waals surface area contributed by atoms with Crippen LogP contribution in [0.25, 0.3) is 0 Å². The second-order valence-electron chi connectivity index (χ2n) is 4.14. The Morgan fingerprint density at radius 2 is 2.00 bits per heavy atom. The molecule has 1 saturated heterocycles. The highest BCUT2D eigenvalue weighted by atomic mass is 16.2. The lowest BCUT2D eigenvalue weighted by Gasteiger charge is -2.28. The first-order valence-electron chi connectivity index (χ1n) is 4.77. The van der Waals surface area contributed by atoms with Gasteiger partial charge in [-0.15, -0.1) is 0 Å². The molecule has 0 aromatic heterocycles. The largest absolute Gasteiger partial charge is 0.369 e. The van der Waals surface area contributed by atoms with Crippen LogP contribution in [0.4, 0.5) is 0 Å². The normalized spacial score (nSPS) is 29.1. The number of carbonyl (C=O) groups is 3. The summed E-state index contributed by atoms with van der Waals surface area (Å²) in [5.41, 5.74) is 3.96. The topological polar surface area (TPSA) is 83.7 Å². The van der Waals surface area contributed by atoms with Crippen LogP contribution in [-0.2, 0) is 14.4 Å². The van der Waals surface area contributed by atoms with E-state index in [9.17, 15) is 14.4 Å². The summed E-state index contributed by atoms with van der Waals surface area (Å²) in [4.78, 5) is 34.1. The van der Waals surface area contributed by atoms with Gasteiger partial charge >= 0.3 is 0 Å². The zero-order valence-electron chi connectivity index (χ0n) is 8.69. The van der Waals surface area contributed by atoms with Crippen LogP contribution in [0.15, 0.2) is 0 Å². The monoisotopic (exact) mass is 211 g/mol. The molecule has 2 fully saturated rings. The first-order chi connectivity index (χ1) is 6.94. The van der Waals surface area contributed by atoms with Crippen LogP contribution in [0.3, 0.4) is 0 Å². The van der Waals surface area contributed by atoms with E-state index >= 15 is 0 Å². The van der Waals surface area contributed by atoms with Gasteiger partial charge < -0.3 is 5.73 Å². The molecule has 0 bridgehead atoms. The summed E-state index contributed by atoms with van der Waals surface area (Å²) in [6.07, 6.45) is 0.463. The number of nitrogens with zero attached hydrogens (tertiary/aromatic N) is 2. The van der Waals surface area contributed by atoms with Crippen molar-refractivity contribution in [3.63, 3.8) is 0 Å². The molecule has 2 N–H and O–H groups in total. The average molecular weight is 211 g/mol. The van der Waals surface area contributed by atoms with E-state index < -0.39 is 28.9 Å². The van der Waals surface area contributed by atoms with Crippen molar-refractivity contribution in [3.05, 3.63) is 0 Å². The van der Waals surface area contributed by atoms with Gasteiger partial charge in [-0.25, -0.2) is 10.0 Å². The molecule has 6 nitrogen and oxygen atoms in total. The smallest absolute Gasteiger partial charge is 0.231 e. The number of amides is 1. The average Bonchev–Trinajstić information content (AvgIpc) is 2.62. The molecule has 6 heteroatoms. The van der Waals surface area contributed by atoms with E-state index in [0.29, 0.717) is 13.0 Å². The van der Waals surface area contributed by atoms with E-state index in [1.54, 1.807) is 24.1 Å². The van der Waals surface area contributed by atoms with Gasteiger partial charge in [0.2, 0.25) is 17.5 Å². The molecule has 2 rings (SSSR count). The number of primary amides is 1. The van der Waals surface area contributed by atoms with Crippen LogP contribution >= 0.6 is 0 Å². The molecule has 1 amide bonds. The number of hydrazine groups is 1. The molecule has 1 saturated carbocycles.